The van der Waals surface area contributed by atoms with Crippen molar-refractivity contribution in [2.45, 2.75) is 57.5 Å². The average molecular weight is 442 g/mol. The highest BCUT2D eigenvalue weighted by atomic mass is 16.8. The molecule has 8 nitrogen and oxygen atoms in total. The quantitative estimate of drug-likeness (QED) is 0.631. The highest BCUT2D eigenvalue weighted by Crippen LogP contribution is 2.37. The summed E-state index contributed by atoms with van der Waals surface area (Å²) in [4.78, 5) is 23.8. The van der Waals surface area contributed by atoms with Crippen molar-refractivity contribution in [3.05, 3.63) is 71.8 Å². The second-order valence-electron chi connectivity index (χ2n) is 7.66. The van der Waals surface area contributed by atoms with Crippen LogP contribution in [0.1, 0.15) is 31.3 Å². The molecule has 2 saturated heterocycles. The van der Waals surface area contributed by atoms with Gasteiger partial charge in [0.05, 0.1) is 13.2 Å². The van der Waals surface area contributed by atoms with Crippen molar-refractivity contribution in [1.82, 2.24) is 0 Å². The lowest BCUT2D eigenvalue weighted by Gasteiger charge is -2.48. The van der Waals surface area contributed by atoms with Crippen LogP contribution in [0.15, 0.2) is 60.7 Å². The number of esters is 2. The molecule has 0 saturated carbocycles. The molecular formula is C24H26O8. The first-order valence-electron chi connectivity index (χ1n) is 10.5. The van der Waals surface area contributed by atoms with Crippen LogP contribution >= 0.6 is 0 Å². The Bertz CT molecular complexity index is 903. The third-order valence-corrected chi connectivity index (χ3v) is 5.22. The summed E-state index contributed by atoms with van der Waals surface area (Å²) in [5.41, 5.74) is 1.74. The van der Waals surface area contributed by atoms with Crippen molar-refractivity contribution in [3.8, 4) is 0 Å². The smallest absolute Gasteiger partial charge is 0.303 e. The van der Waals surface area contributed by atoms with E-state index in [1.165, 1.54) is 13.8 Å². The minimum absolute atomic E-state index is 0.194. The summed E-state index contributed by atoms with van der Waals surface area (Å²) in [6.07, 6.45) is -4.85. The molecule has 0 N–H and O–H groups in total. The Morgan fingerprint density at radius 3 is 2.16 bits per heavy atom. The molecule has 2 aromatic rings. The number of rotatable bonds is 6. The summed E-state index contributed by atoms with van der Waals surface area (Å²) in [5, 5.41) is 0. The van der Waals surface area contributed by atoms with Gasteiger partial charge in [-0.3, -0.25) is 9.59 Å². The zero-order valence-electron chi connectivity index (χ0n) is 17.9. The van der Waals surface area contributed by atoms with Crippen LogP contribution in [0.3, 0.4) is 0 Å². The van der Waals surface area contributed by atoms with Crippen LogP contribution in [0.2, 0.25) is 0 Å². The van der Waals surface area contributed by atoms with Gasteiger partial charge in [-0.2, -0.15) is 0 Å². The Labute approximate surface area is 186 Å². The molecule has 8 heteroatoms. The lowest BCUT2D eigenvalue weighted by Crippen LogP contribution is -2.64. The van der Waals surface area contributed by atoms with E-state index < -0.39 is 48.9 Å². The van der Waals surface area contributed by atoms with Crippen LogP contribution < -0.4 is 0 Å². The minimum atomic E-state index is -1.00. The summed E-state index contributed by atoms with van der Waals surface area (Å²) >= 11 is 0. The number of ether oxygens (including phenoxy) is 6. The van der Waals surface area contributed by atoms with Crippen molar-refractivity contribution < 1.29 is 38.0 Å². The number of hydrogen-bond donors (Lipinski definition) is 0. The van der Waals surface area contributed by atoms with E-state index in [2.05, 4.69) is 0 Å². The Balaban J connectivity index is 1.57. The Hall–Kier alpha value is -2.78. The zero-order valence-corrected chi connectivity index (χ0v) is 17.9. The van der Waals surface area contributed by atoms with Crippen LogP contribution in [0.25, 0.3) is 0 Å². The third-order valence-electron chi connectivity index (χ3n) is 5.22. The van der Waals surface area contributed by atoms with E-state index in [0.717, 1.165) is 11.1 Å². The number of benzene rings is 2. The third kappa shape index (κ3) is 5.34. The molecule has 0 aromatic heterocycles. The molecule has 0 spiro atoms. The fourth-order valence-electron chi connectivity index (χ4n) is 3.86. The molecule has 2 aliphatic rings. The maximum absolute atomic E-state index is 11.9. The lowest BCUT2D eigenvalue weighted by molar-refractivity contribution is -0.363. The van der Waals surface area contributed by atoms with Gasteiger partial charge in [0.25, 0.3) is 0 Å². The number of carbonyl (C=O) groups is 2. The van der Waals surface area contributed by atoms with E-state index in [-0.39, 0.29) is 13.2 Å². The van der Waals surface area contributed by atoms with Gasteiger partial charge in [0, 0.05) is 19.4 Å². The molecule has 6 atom stereocenters. The molecular weight excluding hydrogens is 416 g/mol. The number of carbonyl (C=O) groups excluding carboxylic acids is 2. The van der Waals surface area contributed by atoms with E-state index in [0.29, 0.717) is 0 Å². The molecule has 2 aromatic carbocycles. The Kier molecular flexibility index (Phi) is 7.16. The van der Waals surface area contributed by atoms with Crippen molar-refractivity contribution >= 4 is 11.9 Å². The summed E-state index contributed by atoms with van der Waals surface area (Å²) in [7, 11) is 0. The Morgan fingerprint density at radius 2 is 1.50 bits per heavy atom. The monoisotopic (exact) mass is 442 g/mol. The Morgan fingerprint density at radius 1 is 0.875 bits per heavy atom. The van der Waals surface area contributed by atoms with Crippen molar-refractivity contribution in [2.24, 2.45) is 0 Å². The maximum Gasteiger partial charge on any atom is 0.303 e. The van der Waals surface area contributed by atoms with Gasteiger partial charge in [0.15, 0.2) is 24.8 Å². The predicted octanol–water partition coefficient (Wildman–Crippen LogP) is 2.91. The first-order valence-corrected chi connectivity index (χ1v) is 10.5. The van der Waals surface area contributed by atoms with Crippen LogP contribution in [0.5, 0.6) is 0 Å². The molecule has 0 bridgehead atoms. The van der Waals surface area contributed by atoms with Crippen LogP contribution in [0.4, 0.5) is 0 Å². The summed E-state index contributed by atoms with van der Waals surface area (Å²) in [5.74, 6) is -1.07. The normalized spacial score (nSPS) is 29.6. The van der Waals surface area contributed by atoms with Crippen molar-refractivity contribution in [3.63, 3.8) is 0 Å². The molecule has 2 heterocycles. The highest BCUT2D eigenvalue weighted by Gasteiger charge is 2.53. The SMILES string of the molecule is CC(=O)O[C@@H]1[C@H]2O[C@@H](c3ccccc3)OC[C@H]2O[C@H](OCc2ccccc2)[C@@H]1OC(C)=O. The summed E-state index contributed by atoms with van der Waals surface area (Å²) in [6, 6.07) is 18.9. The van der Waals surface area contributed by atoms with E-state index >= 15 is 0 Å². The van der Waals surface area contributed by atoms with Gasteiger partial charge in [-0.25, -0.2) is 0 Å². The second-order valence-corrected chi connectivity index (χ2v) is 7.66. The lowest BCUT2D eigenvalue weighted by atomic mass is 9.97. The molecule has 2 fully saturated rings. The first kappa shape index (κ1) is 22.4. The van der Waals surface area contributed by atoms with Gasteiger partial charge in [0.2, 0.25) is 0 Å². The van der Waals surface area contributed by atoms with Gasteiger partial charge >= 0.3 is 11.9 Å². The van der Waals surface area contributed by atoms with Crippen LogP contribution in [0, 0.1) is 0 Å². The molecule has 0 unspecified atom stereocenters. The van der Waals surface area contributed by atoms with Crippen molar-refractivity contribution in [2.75, 3.05) is 6.61 Å². The van der Waals surface area contributed by atoms with E-state index in [1.54, 1.807) is 0 Å². The molecule has 4 rings (SSSR count). The average Bonchev–Trinajstić information content (AvgIpc) is 2.80. The molecule has 32 heavy (non-hydrogen) atoms. The predicted molar refractivity (Wildman–Crippen MR) is 111 cm³/mol. The van der Waals surface area contributed by atoms with Gasteiger partial charge in [-0.1, -0.05) is 60.7 Å². The maximum atomic E-state index is 11.9. The minimum Gasteiger partial charge on any atom is -0.455 e. The fraction of sp³-hybridized carbons (Fsp3) is 0.417. The van der Waals surface area contributed by atoms with E-state index in [1.807, 2.05) is 60.7 Å². The molecule has 170 valence electrons. The summed E-state index contributed by atoms with van der Waals surface area (Å²) < 4.78 is 35.1. The number of fused-ring (bicyclic) bond motifs is 1. The molecule has 0 radical (unpaired) electrons. The molecule has 0 amide bonds. The summed E-state index contributed by atoms with van der Waals surface area (Å²) in [6.45, 7) is 2.99. The van der Waals surface area contributed by atoms with Gasteiger partial charge in [0.1, 0.15) is 12.2 Å². The highest BCUT2D eigenvalue weighted by molar-refractivity contribution is 5.67. The van der Waals surface area contributed by atoms with E-state index in [9.17, 15) is 9.59 Å². The molecule has 2 aliphatic heterocycles. The van der Waals surface area contributed by atoms with Crippen molar-refractivity contribution in [1.29, 1.82) is 0 Å². The van der Waals surface area contributed by atoms with Crippen LogP contribution in [-0.2, 0) is 44.6 Å². The topological polar surface area (TPSA) is 89.5 Å². The van der Waals surface area contributed by atoms with Crippen LogP contribution in [-0.4, -0.2) is 49.3 Å². The second kappa shape index (κ2) is 10.2. The van der Waals surface area contributed by atoms with Gasteiger partial charge in [-0.15, -0.1) is 0 Å². The number of hydrogen-bond acceptors (Lipinski definition) is 8. The fourth-order valence-corrected chi connectivity index (χ4v) is 3.86. The van der Waals surface area contributed by atoms with Gasteiger partial charge < -0.3 is 28.4 Å². The zero-order chi connectivity index (χ0) is 22.5. The molecule has 0 aliphatic carbocycles. The van der Waals surface area contributed by atoms with Gasteiger partial charge in [-0.05, 0) is 5.56 Å². The van der Waals surface area contributed by atoms with E-state index in [4.69, 9.17) is 28.4 Å². The first-order chi connectivity index (χ1) is 15.5. The largest absolute Gasteiger partial charge is 0.455 e. The standard InChI is InChI=1S/C24H26O8/c1-15(25)29-21-20-19(14-28-23(32-20)18-11-7-4-8-12-18)31-24(22(21)30-16(2)26)27-13-17-9-5-3-6-10-17/h3-12,19-24H,13-14H2,1-2H3/t19-,20+,21-,22-,23+,24+/m1/s1.